The minimum atomic E-state index is -0.413. The van der Waals surface area contributed by atoms with Crippen LogP contribution in [0.5, 0.6) is 0 Å². The molecule has 1 heterocycles. The molecule has 1 saturated heterocycles. The third-order valence-electron chi connectivity index (χ3n) is 4.27. The molecule has 1 fully saturated rings. The van der Waals surface area contributed by atoms with Crippen LogP contribution in [0, 0.1) is 5.82 Å². The van der Waals surface area contributed by atoms with Crippen molar-refractivity contribution in [1.82, 2.24) is 0 Å². The Morgan fingerprint density at radius 3 is 2.36 bits per heavy atom. The van der Waals surface area contributed by atoms with E-state index in [0.717, 1.165) is 30.4 Å². The van der Waals surface area contributed by atoms with Gasteiger partial charge in [0, 0.05) is 17.6 Å². The van der Waals surface area contributed by atoms with Gasteiger partial charge in [-0.1, -0.05) is 39.7 Å². The average molecular weight is 384 g/mol. The van der Waals surface area contributed by atoms with Gasteiger partial charge in [-0.2, -0.15) is 0 Å². The summed E-state index contributed by atoms with van der Waals surface area (Å²) in [4.78, 5) is 2.05. The van der Waals surface area contributed by atoms with Crippen molar-refractivity contribution in [3.63, 3.8) is 0 Å². The average Bonchev–Trinajstić information content (AvgIpc) is 2.54. The van der Waals surface area contributed by atoms with Crippen LogP contribution in [0.2, 0.25) is 5.02 Å². The highest BCUT2D eigenvalue weighted by molar-refractivity contribution is 9.10. The highest BCUT2D eigenvalue weighted by atomic mass is 79.9. The largest absolute Gasteiger partial charge is 0.397 e. The number of nitrogens with zero attached hydrogens (tertiary/aromatic N) is 1. The van der Waals surface area contributed by atoms with Crippen LogP contribution in [-0.4, -0.2) is 13.1 Å². The number of benzene rings is 2. The van der Waals surface area contributed by atoms with Gasteiger partial charge in [0.2, 0.25) is 0 Å². The molecule has 0 amide bonds. The predicted molar refractivity (Wildman–Crippen MR) is 94.2 cm³/mol. The second-order valence-corrected chi connectivity index (χ2v) is 6.91. The van der Waals surface area contributed by atoms with Gasteiger partial charge in [0.25, 0.3) is 0 Å². The van der Waals surface area contributed by atoms with Crippen LogP contribution in [0.3, 0.4) is 0 Å². The maximum atomic E-state index is 14.3. The first-order chi connectivity index (χ1) is 10.6. The zero-order valence-corrected chi connectivity index (χ0v) is 14.4. The molecule has 0 bridgehead atoms. The molecule has 3 rings (SSSR count). The molecule has 2 aromatic carbocycles. The van der Waals surface area contributed by atoms with E-state index in [0.29, 0.717) is 11.6 Å². The van der Waals surface area contributed by atoms with E-state index in [2.05, 4.69) is 45.1 Å². The Hall–Kier alpha value is -1.26. The van der Waals surface area contributed by atoms with Crippen LogP contribution in [-0.2, 0) is 0 Å². The first kappa shape index (κ1) is 15.6. The third-order valence-corrected chi connectivity index (χ3v) is 5.18. The van der Waals surface area contributed by atoms with Crippen LogP contribution in [0.1, 0.15) is 24.3 Å². The smallest absolute Gasteiger partial charge is 0.167 e. The van der Waals surface area contributed by atoms with Crippen molar-refractivity contribution in [3.8, 4) is 0 Å². The van der Waals surface area contributed by atoms with Gasteiger partial charge < -0.3 is 10.6 Å². The molecule has 0 aliphatic carbocycles. The van der Waals surface area contributed by atoms with Crippen molar-refractivity contribution in [2.45, 2.75) is 18.8 Å². The maximum Gasteiger partial charge on any atom is 0.167 e. The molecule has 22 heavy (non-hydrogen) atoms. The Kier molecular flexibility index (Phi) is 4.59. The fourth-order valence-electron chi connectivity index (χ4n) is 2.99. The van der Waals surface area contributed by atoms with Crippen LogP contribution in [0.25, 0.3) is 0 Å². The number of hydrogen-bond donors (Lipinski definition) is 1. The molecule has 0 saturated carbocycles. The SMILES string of the molecule is Nc1ccc(N2CCC(c3ccc(Br)cc3)CC2)c(F)c1Cl. The molecule has 2 nitrogen and oxygen atoms in total. The second kappa shape index (κ2) is 6.47. The third kappa shape index (κ3) is 3.08. The Balaban J connectivity index is 1.72. The molecular weight excluding hydrogens is 367 g/mol. The number of nitrogens with two attached hydrogens (primary N) is 1. The van der Waals surface area contributed by atoms with Crippen LogP contribution in [0.15, 0.2) is 40.9 Å². The fourth-order valence-corrected chi connectivity index (χ4v) is 3.41. The minimum absolute atomic E-state index is 0.0209. The zero-order chi connectivity index (χ0) is 15.7. The molecule has 0 spiro atoms. The quantitative estimate of drug-likeness (QED) is 0.722. The molecule has 0 radical (unpaired) electrons. The summed E-state index contributed by atoms with van der Waals surface area (Å²) in [5.74, 6) is 0.112. The summed E-state index contributed by atoms with van der Waals surface area (Å²) in [5.41, 5.74) is 7.82. The number of piperidine rings is 1. The molecule has 5 heteroatoms. The Morgan fingerprint density at radius 2 is 1.73 bits per heavy atom. The standard InChI is InChI=1S/C17H17BrClFN2/c18-13-3-1-11(2-4-13)12-7-9-22(10-8-12)15-6-5-14(21)16(19)17(15)20/h1-6,12H,7-10,21H2. The monoisotopic (exact) mass is 382 g/mol. The van der Waals surface area contributed by atoms with Crippen LogP contribution >= 0.6 is 27.5 Å². The van der Waals surface area contributed by atoms with Gasteiger partial charge in [-0.15, -0.1) is 0 Å². The first-order valence-corrected chi connectivity index (χ1v) is 8.47. The van der Waals surface area contributed by atoms with Crippen molar-refractivity contribution in [2.24, 2.45) is 0 Å². The van der Waals surface area contributed by atoms with Gasteiger partial charge in [0.1, 0.15) is 5.02 Å². The van der Waals surface area contributed by atoms with Gasteiger partial charge in [0.15, 0.2) is 5.82 Å². The Morgan fingerprint density at radius 1 is 1.09 bits per heavy atom. The molecule has 2 N–H and O–H groups in total. The minimum Gasteiger partial charge on any atom is -0.397 e. The van der Waals surface area contributed by atoms with E-state index in [4.69, 9.17) is 17.3 Å². The fraction of sp³-hybridized carbons (Fsp3) is 0.294. The number of rotatable bonds is 2. The van der Waals surface area contributed by atoms with Gasteiger partial charge in [-0.3, -0.25) is 0 Å². The van der Waals surface area contributed by atoms with E-state index >= 15 is 0 Å². The Bertz CT molecular complexity index is 667. The maximum absolute atomic E-state index is 14.3. The molecule has 2 aromatic rings. The lowest BCUT2D eigenvalue weighted by Gasteiger charge is -2.34. The summed E-state index contributed by atoms with van der Waals surface area (Å²) in [6, 6.07) is 11.8. The van der Waals surface area contributed by atoms with E-state index < -0.39 is 5.82 Å². The Labute approximate surface area is 143 Å². The molecule has 0 atom stereocenters. The summed E-state index contributed by atoms with van der Waals surface area (Å²) in [7, 11) is 0. The summed E-state index contributed by atoms with van der Waals surface area (Å²) >= 11 is 9.37. The van der Waals surface area contributed by atoms with Crippen molar-refractivity contribution in [2.75, 3.05) is 23.7 Å². The van der Waals surface area contributed by atoms with Crippen LogP contribution < -0.4 is 10.6 Å². The molecule has 0 unspecified atom stereocenters. The lowest BCUT2D eigenvalue weighted by Crippen LogP contribution is -2.33. The van der Waals surface area contributed by atoms with E-state index in [1.807, 2.05) is 0 Å². The number of hydrogen-bond acceptors (Lipinski definition) is 2. The van der Waals surface area contributed by atoms with Crippen molar-refractivity contribution < 1.29 is 4.39 Å². The van der Waals surface area contributed by atoms with E-state index in [1.165, 1.54) is 5.56 Å². The normalized spacial score (nSPS) is 16.0. The molecule has 1 aliphatic rings. The van der Waals surface area contributed by atoms with Crippen molar-refractivity contribution >= 4 is 38.9 Å². The molecular formula is C17H17BrClFN2. The van der Waals surface area contributed by atoms with Crippen molar-refractivity contribution in [1.29, 1.82) is 0 Å². The highest BCUT2D eigenvalue weighted by Gasteiger charge is 2.23. The van der Waals surface area contributed by atoms with Gasteiger partial charge >= 0.3 is 0 Å². The van der Waals surface area contributed by atoms with E-state index in [-0.39, 0.29) is 10.7 Å². The topological polar surface area (TPSA) is 29.3 Å². The molecule has 0 aromatic heterocycles. The van der Waals surface area contributed by atoms with Crippen molar-refractivity contribution in [3.05, 3.63) is 57.3 Å². The first-order valence-electron chi connectivity index (χ1n) is 7.30. The number of nitrogen functional groups attached to an aromatic ring is 1. The molecule has 1 aliphatic heterocycles. The van der Waals surface area contributed by atoms with Gasteiger partial charge in [-0.25, -0.2) is 4.39 Å². The lowest BCUT2D eigenvalue weighted by atomic mass is 9.89. The number of anilines is 2. The second-order valence-electron chi connectivity index (χ2n) is 5.61. The van der Waals surface area contributed by atoms with Gasteiger partial charge in [-0.05, 0) is 48.6 Å². The van der Waals surface area contributed by atoms with Gasteiger partial charge in [0.05, 0.1) is 11.4 Å². The van der Waals surface area contributed by atoms with E-state index in [1.54, 1.807) is 12.1 Å². The van der Waals surface area contributed by atoms with Crippen LogP contribution in [0.4, 0.5) is 15.8 Å². The molecule has 116 valence electrons. The highest BCUT2D eigenvalue weighted by Crippen LogP contribution is 2.35. The summed E-state index contributed by atoms with van der Waals surface area (Å²) in [6.45, 7) is 1.63. The number of halogens is 3. The summed E-state index contributed by atoms with van der Waals surface area (Å²) in [6.07, 6.45) is 2.01. The van der Waals surface area contributed by atoms with E-state index in [9.17, 15) is 4.39 Å². The summed E-state index contributed by atoms with van der Waals surface area (Å²) < 4.78 is 15.3. The summed E-state index contributed by atoms with van der Waals surface area (Å²) in [5, 5.41) is 0.0209. The zero-order valence-electron chi connectivity index (χ0n) is 12.0. The lowest BCUT2D eigenvalue weighted by molar-refractivity contribution is 0.497. The predicted octanol–water partition coefficient (Wildman–Crippen LogP) is 5.21.